The zero-order chi connectivity index (χ0) is 25.1. The molecule has 1 atom stereocenters. The average Bonchev–Trinajstić information content (AvgIpc) is 3.45. The van der Waals surface area contributed by atoms with Crippen molar-refractivity contribution in [2.24, 2.45) is 0 Å². The number of methoxy groups -OCH3 is 1. The van der Waals surface area contributed by atoms with Crippen molar-refractivity contribution < 1.29 is 19.0 Å². The van der Waals surface area contributed by atoms with Crippen LogP contribution in [0.1, 0.15) is 47.1 Å². The molecule has 0 aliphatic carbocycles. The number of aromatic nitrogens is 3. The van der Waals surface area contributed by atoms with E-state index in [0.29, 0.717) is 37.0 Å². The summed E-state index contributed by atoms with van der Waals surface area (Å²) in [6.45, 7) is 5.33. The first-order valence-corrected chi connectivity index (χ1v) is 12.0. The highest BCUT2D eigenvalue weighted by Gasteiger charge is 2.42. The zero-order valence-electron chi connectivity index (χ0n) is 20.5. The van der Waals surface area contributed by atoms with Gasteiger partial charge in [0.1, 0.15) is 11.4 Å². The lowest BCUT2D eigenvalue weighted by molar-refractivity contribution is 0.0729. The Labute approximate surface area is 209 Å². The van der Waals surface area contributed by atoms with Gasteiger partial charge in [-0.25, -0.2) is 0 Å². The second-order valence-electron chi connectivity index (χ2n) is 8.35. The maximum Gasteiger partial charge on any atom is 0.273 e. The molecule has 4 aromatic rings. The summed E-state index contributed by atoms with van der Waals surface area (Å²) in [5, 5.41) is 7.57. The molecule has 36 heavy (non-hydrogen) atoms. The summed E-state index contributed by atoms with van der Waals surface area (Å²) < 4.78 is 17.0. The molecule has 0 spiro atoms. The Hall–Kier alpha value is -4.33. The molecule has 0 saturated heterocycles. The summed E-state index contributed by atoms with van der Waals surface area (Å²) in [6, 6.07) is 17.0. The maximum atomic E-state index is 13.7. The Kier molecular flexibility index (Phi) is 6.58. The van der Waals surface area contributed by atoms with E-state index in [4.69, 9.17) is 14.2 Å². The first-order valence-electron chi connectivity index (χ1n) is 12.0. The number of amides is 1. The van der Waals surface area contributed by atoms with Crippen molar-refractivity contribution in [1.82, 2.24) is 20.1 Å². The third kappa shape index (κ3) is 4.26. The Bertz CT molecular complexity index is 1350. The summed E-state index contributed by atoms with van der Waals surface area (Å²) in [4.78, 5) is 19.6. The minimum absolute atomic E-state index is 0.106. The molecule has 1 N–H and O–H groups in total. The second-order valence-corrected chi connectivity index (χ2v) is 8.35. The van der Waals surface area contributed by atoms with E-state index >= 15 is 0 Å². The summed E-state index contributed by atoms with van der Waals surface area (Å²) >= 11 is 0. The van der Waals surface area contributed by atoms with Crippen LogP contribution in [0.5, 0.6) is 17.2 Å². The second kappa shape index (κ2) is 10.1. The van der Waals surface area contributed by atoms with Crippen molar-refractivity contribution in [1.29, 1.82) is 0 Å². The molecular weight excluding hydrogens is 456 g/mol. The number of carbonyl (C=O) groups excluding carboxylic acids is 1. The third-order valence-corrected chi connectivity index (χ3v) is 6.21. The van der Waals surface area contributed by atoms with Crippen LogP contribution in [0.25, 0.3) is 11.3 Å². The normalized spacial score (nSPS) is 14.6. The number of H-pyrrole nitrogens is 1. The van der Waals surface area contributed by atoms with Gasteiger partial charge in [-0.2, -0.15) is 5.10 Å². The first kappa shape index (κ1) is 23.4. The lowest BCUT2D eigenvalue weighted by Crippen LogP contribution is -2.29. The molecule has 8 nitrogen and oxygen atoms in total. The molecule has 8 heteroatoms. The van der Waals surface area contributed by atoms with E-state index in [1.54, 1.807) is 19.5 Å². The van der Waals surface area contributed by atoms with Gasteiger partial charge in [0.15, 0.2) is 11.5 Å². The number of aromatic amines is 1. The van der Waals surface area contributed by atoms with Crippen LogP contribution in [-0.4, -0.2) is 46.3 Å². The predicted molar refractivity (Wildman–Crippen MR) is 135 cm³/mol. The predicted octanol–water partition coefficient (Wildman–Crippen LogP) is 5.02. The quantitative estimate of drug-likeness (QED) is 0.359. The van der Waals surface area contributed by atoms with Crippen LogP contribution in [-0.2, 0) is 6.54 Å². The van der Waals surface area contributed by atoms with E-state index in [-0.39, 0.29) is 11.9 Å². The molecule has 1 aliphatic heterocycles. The highest BCUT2D eigenvalue weighted by Crippen LogP contribution is 2.45. The molecule has 0 fully saturated rings. The zero-order valence-corrected chi connectivity index (χ0v) is 20.5. The van der Waals surface area contributed by atoms with Crippen LogP contribution in [0.3, 0.4) is 0 Å². The van der Waals surface area contributed by atoms with Gasteiger partial charge >= 0.3 is 0 Å². The Balaban J connectivity index is 1.64. The Morgan fingerprint density at radius 2 is 1.67 bits per heavy atom. The molecule has 2 aromatic heterocycles. The van der Waals surface area contributed by atoms with Gasteiger partial charge in [-0.1, -0.05) is 6.07 Å². The number of pyridine rings is 1. The number of benzene rings is 2. The van der Waals surface area contributed by atoms with Gasteiger partial charge in [0.25, 0.3) is 5.91 Å². The number of nitrogens with zero attached hydrogens (tertiary/aromatic N) is 3. The van der Waals surface area contributed by atoms with Gasteiger partial charge in [-0.15, -0.1) is 0 Å². The standard InChI is InChI=1S/C28H28N4O4/c1-4-35-22-11-8-20(16-23(22)36-5-2)27-24-25(19-6-9-21(34-3)10-7-19)30-31-26(24)28(33)32(27)17-18-12-14-29-15-13-18/h6-16,27H,4-5,17H2,1-3H3,(H,30,31). The van der Waals surface area contributed by atoms with Crippen molar-refractivity contribution in [2.75, 3.05) is 20.3 Å². The van der Waals surface area contributed by atoms with Gasteiger partial charge in [-0.3, -0.25) is 14.9 Å². The maximum absolute atomic E-state index is 13.7. The van der Waals surface area contributed by atoms with Crippen molar-refractivity contribution in [3.05, 3.63) is 89.4 Å². The summed E-state index contributed by atoms with van der Waals surface area (Å²) in [6.07, 6.45) is 3.47. The Morgan fingerprint density at radius 1 is 0.944 bits per heavy atom. The number of fused-ring (bicyclic) bond motifs is 1. The van der Waals surface area contributed by atoms with E-state index in [9.17, 15) is 4.79 Å². The minimum Gasteiger partial charge on any atom is -0.497 e. The van der Waals surface area contributed by atoms with Gasteiger partial charge in [0, 0.05) is 30.1 Å². The van der Waals surface area contributed by atoms with Crippen LogP contribution in [0, 0.1) is 0 Å². The largest absolute Gasteiger partial charge is 0.497 e. The SMILES string of the molecule is CCOc1ccc(C2c3c(-c4ccc(OC)cc4)n[nH]c3C(=O)N2Cc2ccncc2)cc1OCC. The fourth-order valence-electron chi connectivity index (χ4n) is 4.60. The number of nitrogens with one attached hydrogen (secondary N) is 1. The smallest absolute Gasteiger partial charge is 0.273 e. The third-order valence-electron chi connectivity index (χ3n) is 6.21. The molecule has 3 heterocycles. The van der Waals surface area contributed by atoms with Gasteiger partial charge in [-0.05, 0) is 73.5 Å². The van der Waals surface area contributed by atoms with Crippen molar-refractivity contribution >= 4 is 5.91 Å². The number of rotatable bonds is 9. The monoisotopic (exact) mass is 484 g/mol. The van der Waals surface area contributed by atoms with E-state index in [0.717, 1.165) is 33.7 Å². The fraction of sp³-hybridized carbons (Fsp3) is 0.250. The number of hydrogen-bond donors (Lipinski definition) is 1. The molecule has 0 bridgehead atoms. The molecule has 2 aromatic carbocycles. The number of carbonyl (C=O) groups is 1. The fourth-order valence-corrected chi connectivity index (χ4v) is 4.60. The van der Waals surface area contributed by atoms with Gasteiger partial charge in [0.05, 0.1) is 32.1 Å². The average molecular weight is 485 g/mol. The highest BCUT2D eigenvalue weighted by atomic mass is 16.5. The molecule has 0 saturated carbocycles. The summed E-state index contributed by atoms with van der Waals surface area (Å²) in [7, 11) is 1.63. The van der Waals surface area contributed by atoms with Crippen LogP contribution in [0.4, 0.5) is 0 Å². The number of ether oxygens (including phenoxy) is 3. The molecule has 184 valence electrons. The number of hydrogen-bond acceptors (Lipinski definition) is 6. The molecule has 1 aliphatic rings. The van der Waals surface area contributed by atoms with Gasteiger partial charge in [0.2, 0.25) is 0 Å². The van der Waals surface area contributed by atoms with E-state index in [1.165, 1.54) is 0 Å². The van der Waals surface area contributed by atoms with Crippen LogP contribution in [0.2, 0.25) is 0 Å². The van der Waals surface area contributed by atoms with Crippen LogP contribution >= 0.6 is 0 Å². The lowest BCUT2D eigenvalue weighted by Gasteiger charge is -2.27. The molecular formula is C28H28N4O4. The van der Waals surface area contributed by atoms with E-state index in [1.807, 2.05) is 73.3 Å². The minimum atomic E-state index is -0.369. The van der Waals surface area contributed by atoms with Crippen molar-refractivity contribution in [3.8, 4) is 28.5 Å². The highest BCUT2D eigenvalue weighted by molar-refractivity contribution is 6.00. The van der Waals surface area contributed by atoms with Gasteiger partial charge < -0.3 is 19.1 Å². The van der Waals surface area contributed by atoms with Crippen molar-refractivity contribution in [3.63, 3.8) is 0 Å². The first-order chi connectivity index (χ1) is 17.6. The van der Waals surface area contributed by atoms with E-state index in [2.05, 4.69) is 15.2 Å². The Morgan fingerprint density at radius 3 is 2.36 bits per heavy atom. The molecule has 1 amide bonds. The topological polar surface area (TPSA) is 89.6 Å². The molecule has 0 radical (unpaired) electrons. The van der Waals surface area contributed by atoms with E-state index < -0.39 is 0 Å². The van der Waals surface area contributed by atoms with Crippen molar-refractivity contribution in [2.45, 2.75) is 26.4 Å². The lowest BCUT2D eigenvalue weighted by atomic mass is 9.95. The molecule has 5 rings (SSSR count). The van der Waals surface area contributed by atoms with Crippen LogP contribution in [0.15, 0.2) is 67.0 Å². The summed E-state index contributed by atoms with van der Waals surface area (Å²) in [5.41, 5.74) is 4.86. The summed E-state index contributed by atoms with van der Waals surface area (Å²) in [5.74, 6) is 1.98. The van der Waals surface area contributed by atoms with Crippen LogP contribution < -0.4 is 14.2 Å². The molecule has 1 unspecified atom stereocenters.